The maximum Gasteiger partial charge on any atom is 0.344 e. The third-order valence-electron chi connectivity index (χ3n) is 4.46. The lowest BCUT2D eigenvalue weighted by atomic mass is 9.95. The normalized spacial score (nSPS) is 13.0. The fourth-order valence-electron chi connectivity index (χ4n) is 2.86. The van der Waals surface area contributed by atoms with Crippen LogP contribution in [0.2, 0.25) is 5.02 Å². The molecule has 0 saturated carbocycles. The van der Waals surface area contributed by atoms with E-state index in [1.165, 1.54) is 17.8 Å². The third kappa shape index (κ3) is 5.22. The maximum absolute atomic E-state index is 13.2. The molecule has 1 aromatic heterocycles. The molecule has 0 aliphatic heterocycles. The lowest BCUT2D eigenvalue weighted by Crippen LogP contribution is -2.29. The van der Waals surface area contributed by atoms with Gasteiger partial charge in [-0.2, -0.15) is 9.78 Å². The van der Waals surface area contributed by atoms with Crippen molar-refractivity contribution in [2.45, 2.75) is 39.2 Å². The van der Waals surface area contributed by atoms with Gasteiger partial charge in [-0.1, -0.05) is 48.3 Å². The van der Waals surface area contributed by atoms with Crippen LogP contribution in [0, 0.1) is 0 Å². The second-order valence-electron chi connectivity index (χ2n) is 8.12. The molecule has 7 nitrogen and oxygen atoms in total. The molecule has 3 aromatic rings. The first-order valence-corrected chi connectivity index (χ1v) is 11.5. The molecule has 0 aliphatic rings. The van der Waals surface area contributed by atoms with Crippen molar-refractivity contribution >= 4 is 66.5 Å². The summed E-state index contributed by atoms with van der Waals surface area (Å²) in [5.74, 6) is -0.388. The van der Waals surface area contributed by atoms with Crippen molar-refractivity contribution in [3.05, 3.63) is 66.0 Å². The Bertz CT molecular complexity index is 1280. The van der Waals surface area contributed by atoms with Crippen LogP contribution in [0.1, 0.15) is 39.1 Å². The van der Waals surface area contributed by atoms with Crippen LogP contribution in [0.4, 0.5) is 0 Å². The first-order valence-electron chi connectivity index (χ1n) is 9.54. The van der Waals surface area contributed by atoms with E-state index in [2.05, 4.69) is 41.9 Å². The summed E-state index contributed by atoms with van der Waals surface area (Å²) in [7, 11) is 0. The molecule has 2 aromatic carbocycles. The summed E-state index contributed by atoms with van der Waals surface area (Å²) in [4.78, 5) is 29.0. The minimum absolute atomic E-state index is 0.206. The molecule has 0 spiro atoms. The van der Waals surface area contributed by atoms with Crippen LogP contribution in [0.3, 0.4) is 0 Å². The lowest BCUT2D eigenvalue weighted by Gasteiger charge is -2.21. The number of halogens is 3. The van der Waals surface area contributed by atoms with Gasteiger partial charge in [0.05, 0.1) is 26.6 Å². The Labute approximate surface area is 206 Å². The Kier molecular flexibility index (Phi) is 7.12. The second kappa shape index (κ2) is 9.33. The van der Waals surface area contributed by atoms with Gasteiger partial charge in [-0.05, 0) is 58.7 Å². The molecule has 0 radical (unpaired) electrons. The number of nitrogens with zero attached hydrogens (tertiary/aromatic N) is 3. The van der Waals surface area contributed by atoms with Crippen molar-refractivity contribution in [2.24, 2.45) is 5.10 Å². The van der Waals surface area contributed by atoms with Crippen molar-refractivity contribution in [3.63, 3.8) is 0 Å². The Morgan fingerprint density at radius 3 is 2.56 bits per heavy atom. The molecule has 1 N–H and O–H groups in total. The molecule has 3 rings (SSSR count). The predicted molar refractivity (Wildman–Crippen MR) is 132 cm³/mol. The molecule has 0 fully saturated rings. The molecule has 1 heterocycles. The molecule has 1 atom stereocenters. The van der Waals surface area contributed by atoms with Gasteiger partial charge >= 0.3 is 5.97 Å². The van der Waals surface area contributed by atoms with Gasteiger partial charge in [-0.25, -0.2) is 9.78 Å². The monoisotopic (exact) mass is 583 g/mol. The van der Waals surface area contributed by atoms with E-state index in [0.29, 0.717) is 26.8 Å². The van der Waals surface area contributed by atoms with Gasteiger partial charge in [0, 0.05) is 9.89 Å². The molecule has 168 valence electrons. The number of hydrogen-bond acceptors (Lipinski definition) is 5. The summed E-state index contributed by atoms with van der Waals surface area (Å²) in [5, 5.41) is 14.1. The SMILES string of the molecule is C[C@H](Oc1c(Cl)cc(C=Nn2c(C(C)(C)C)nc3ccc(Br)cc3c2=O)cc1Br)C(=O)O. The van der Waals surface area contributed by atoms with Crippen molar-refractivity contribution in [1.82, 2.24) is 9.66 Å². The second-order valence-corrected chi connectivity index (χ2v) is 10.3. The van der Waals surface area contributed by atoms with Gasteiger partial charge in [-0.15, -0.1) is 0 Å². The average molecular weight is 586 g/mol. The zero-order valence-corrected chi connectivity index (χ0v) is 21.6. The first-order chi connectivity index (χ1) is 14.9. The Balaban J connectivity index is 2.09. The molecule has 0 amide bonds. The summed E-state index contributed by atoms with van der Waals surface area (Å²) in [5.41, 5.74) is 0.436. The van der Waals surface area contributed by atoms with Crippen molar-refractivity contribution in [2.75, 3.05) is 0 Å². The lowest BCUT2D eigenvalue weighted by molar-refractivity contribution is -0.144. The van der Waals surface area contributed by atoms with Gasteiger partial charge in [0.15, 0.2) is 11.9 Å². The van der Waals surface area contributed by atoms with Crippen LogP contribution in [-0.4, -0.2) is 33.1 Å². The third-order valence-corrected chi connectivity index (χ3v) is 5.83. The van der Waals surface area contributed by atoms with E-state index in [4.69, 9.17) is 21.4 Å². The summed E-state index contributed by atoms with van der Waals surface area (Å²) >= 11 is 13.0. The number of aliphatic carboxylic acids is 1. The number of fused-ring (bicyclic) bond motifs is 1. The van der Waals surface area contributed by atoms with Crippen LogP contribution in [0.5, 0.6) is 5.75 Å². The smallest absolute Gasteiger partial charge is 0.344 e. The minimum Gasteiger partial charge on any atom is -0.479 e. The summed E-state index contributed by atoms with van der Waals surface area (Å²) in [6.07, 6.45) is 0.419. The highest BCUT2D eigenvalue weighted by molar-refractivity contribution is 9.10. The van der Waals surface area contributed by atoms with E-state index >= 15 is 0 Å². The molecular formula is C22H20Br2ClN3O4. The first kappa shape index (κ1) is 24.4. The minimum atomic E-state index is -1.11. The van der Waals surface area contributed by atoms with Crippen LogP contribution in [-0.2, 0) is 10.2 Å². The number of ether oxygens (including phenoxy) is 1. The fourth-order valence-corrected chi connectivity index (χ4v) is 4.18. The molecule has 10 heteroatoms. The highest BCUT2D eigenvalue weighted by Gasteiger charge is 2.23. The molecule has 32 heavy (non-hydrogen) atoms. The number of aromatic nitrogens is 2. The van der Waals surface area contributed by atoms with E-state index < -0.39 is 17.5 Å². The Morgan fingerprint density at radius 1 is 1.28 bits per heavy atom. The van der Waals surface area contributed by atoms with Crippen molar-refractivity contribution in [1.29, 1.82) is 0 Å². The Hall–Kier alpha value is -2.23. The number of hydrogen-bond donors (Lipinski definition) is 1. The highest BCUT2D eigenvalue weighted by Crippen LogP contribution is 2.35. The summed E-state index contributed by atoms with van der Waals surface area (Å²) in [6, 6.07) is 8.59. The van der Waals surface area contributed by atoms with Gasteiger partial charge in [0.25, 0.3) is 5.56 Å². The molecule has 0 saturated heterocycles. The maximum atomic E-state index is 13.2. The van der Waals surface area contributed by atoms with E-state index in [0.717, 1.165) is 4.47 Å². The molecule has 0 bridgehead atoms. The largest absolute Gasteiger partial charge is 0.479 e. The number of benzene rings is 2. The van der Waals surface area contributed by atoms with Crippen LogP contribution in [0.15, 0.2) is 49.2 Å². The summed E-state index contributed by atoms with van der Waals surface area (Å²) in [6.45, 7) is 7.27. The van der Waals surface area contributed by atoms with Crippen LogP contribution >= 0.6 is 43.5 Å². The molecule has 0 unspecified atom stereocenters. The predicted octanol–water partition coefficient (Wildman–Crippen LogP) is 5.61. The number of carboxylic acids is 1. The standard InChI is InChI=1S/C22H20Br2ClN3O4/c1-11(20(30)31)32-18-15(24)7-12(8-16(18)25)10-26-28-19(29)14-9-13(23)5-6-17(14)27-21(28)22(2,3)4/h5-11H,1-4H3,(H,30,31)/t11-/m0/s1. The Morgan fingerprint density at radius 2 is 1.97 bits per heavy atom. The average Bonchev–Trinajstić information content (AvgIpc) is 2.69. The van der Waals surface area contributed by atoms with E-state index in [-0.39, 0.29) is 16.3 Å². The van der Waals surface area contributed by atoms with Gasteiger partial charge in [-0.3, -0.25) is 4.79 Å². The highest BCUT2D eigenvalue weighted by atomic mass is 79.9. The van der Waals surface area contributed by atoms with Crippen molar-refractivity contribution < 1.29 is 14.6 Å². The van der Waals surface area contributed by atoms with Crippen LogP contribution in [0.25, 0.3) is 10.9 Å². The van der Waals surface area contributed by atoms with E-state index in [9.17, 15) is 9.59 Å². The van der Waals surface area contributed by atoms with Gasteiger partial charge in [0.2, 0.25) is 0 Å². The van der Waals surface area contributed by atoms with E-state index in [1.54, 1.807) is 24.3 Å². The van der Waals surface area contributed by atoms with Gasteiger partial charge in [0.1, 0.15) is 5.82 Å². The summed E-state index contributed by atoms with van der Waals surface area (Å²) < 4.78 is 7.92. The number of carbonyl (C=O) groups is 1. The zero-order valence-electron chi connectivity index (χ0n) is 17.7. The van der Waals surface area contributed by atoms with Crippen molar-refractivity contribution in [3.8, 4) is 5.75 Å². The van der Waals surface area contributed by atoms with E-state index in [1.807, 2.05) is 26.8 Å². The van der Waals surface area contributed by atoms with Crippen LogP contribution < -0.4 is 10.3 Å². The zero-order chi connectivity index (χ0) is 23.8. The topological polar surface area (TPSA) is 93.8 Å². The number of rotatable bonds is 5. The number of carboxylic acid groups (broad SMARTS) is 1. The molecule has 0 aliphatic carbocycles. The quantitative estimate of drug-likeness (QED) is 0.393. The fraction of sp³-hybridized carbons (Fsp3) is 0.273. The van der Waals surface area contributed by atoms with Gasteiger partial charge < -0.3 is 9.84 Å². The molecular weight excluding hydrogens is 566 g/mol.